The Bertz CT molecular complexity index is 1620. The van der Waals surface area contributed by atoms with E-state index in [0.717, 1.165) is 12.8 Å². The fraction of sp³-hybridized carbons (Fsp3) is 0.146. The van der Waals surface area contributed by atoms with Gasteiger partial charge < -0.3 is 4.43 Å². The van der Waals surface area contributed by atoms with Crippen molar-refractivity contribution in [3.8, 4) is 0 Å². The van der Waals surface area contributed by atoms with E-state index in [9.17, 15) is 0 Å². The van der Waals surface area contributed by atoms with Gasteiger partial charge in [0.15, 0.2) is 0 Å². The molecular formula is C41H37Cl2OSiZr-. The maximum absolute atomic E-state index is 7.23. The molecule has 5 aromatic carbocycles. The zero-order valence-corrected chi connectivity index (χ0v) is 30.9. The van der Waals surface area contributed by atoms with E-state index in [1.807, 2.05) is 0 Å². The van der Waals surface area contributed by atoms with Crippen LogP contribution in [0.3, 0.4) is 0 Å². The van der Waals surface area contributed by atoms with Gasteiger partial charge >= 0.3 is 37.9 Å². The molecule has 5 aromatic rings. The summed E-state index contributed by atoms with van der Waals surface area (Å²) in [6.07, 6.45) is 11.4. The molecule has 0 spiro atoms. The molecule has 7 rings (SSSR count). The van der Waals surface area contributed by atoms with Crippen LogP contribution in [0, 0.1) is 12.0 Å². The molecule has 0 aromatic heterocycles. The normalized spacial score (nSPS) is 17.4. The van der Waals surface area contributed by atoms with Crippen LogP contribution in [0.4, 0.5) is 0 Å². The topological polar surface area (TPSA) is 9.23 Å². The number of hydrogen-bond donors (Lipinski definition) is 0. The van der Waals surface area contributed by atoms with Gasteiger partial charge in [-0.05, 0) is 43.2 Å². The van der Waals surface area contributed by atoms with E-state index in [0.29, 0.717) is 11.8 Å². The van der Waals surface area contributed by atoms with Gasteiger partial charge in [-0.2, -0.15) is 6.42 Å². The number of halogens is 2. The van der Waals surface area contributed by atoms with Crippen LogP contribution in [0.15, 0.2) is 152 Å². The van der Waals surface area contributed by atoms with Gasteiger partial charge in [0, 0.05) is 11.8 Å². The fourth-order valence-corrected chi connectivity index (χ4v) is 11.2. The fourth-order valence-electron chi connectivity index (χ4n) is 7.43. The molecule has 0 fully saturated rings. The summed E-state index contributed by atoms with van der Waals surface area (Å²) in [7, 11) is 7.09. The molecule has 2 atom stereocenters. The third kappa shape index (κ3) is 6.64. The van der Waals surface area contributed by atoms with Crippen LogP contribution in [-0.2, 0) is 25.3 Å². The molecule has 2 aliphatic carbocycles. The first-order chi connectivity index (χ1) is 22.6. The summed E-state index contributed by atoms with van der Waals surface area (Å²) in [6, 6.07) is 50.3. The molecule has 5 heteroatoms. The van der Waals surface area contributed by atoms with Crippen molar-refractivity contribution in [3.05, 3.63) is 181 Å². The van der Waals surface area contributed by atoms with Gasteiger partial charge in [0.1, 0.15) is 0 Å². The van der Waals surface area contributed by atoms with E-state index in [4.69, 9.17) is 21.5 Å². The molecule has 0 N–H and O–H groups in total. The molecule has 2 aliphatic rings. The van der Waals surface area contributed by atoms with Gasteiger partial charge in [-0.1, -0.05) is 177 Å². The average Bonchev–Trinajstić information content (AvgIpc) is 3.76. The zero-order valence-electron chi connectivity index (χ0n) is 25.9. The van der Waals surface area contributed by atoms with Gasteiger partial charge in [0.2, 0.25) is 0 Å². The first-order valence-corrected chi connectivity index (χ1v) is 24.0. The maximum atomic E-state index is 7.23. The van der Waals surface area contributed by atoms with Gasteiger partial charge in [0.25, 0.3) is 8.32 Å². The van der Waals surface area contributed by atoms with Crippen molar-refractivity contribution in [2.45, 2.75) is 31.6 Å². The van der Waals surface area contributed by atoms with Gasteiger partial charge in [-0.15, -0.1) is 0 Å². The van der Waals surface area contributed by atoms with Crippen molar-refractivity contribution in [1.82, 2.24) is 0 Å². The Morgan fingerprint density at radius 2 is 0.978 bits per heavy atom. The predicted octanol–water partition coefficient (Wildman–Crippen LogP) is 9.62. The third-order valence-corrected chi connectivity index (χ3v) is 13.6. The molecule has 0 radical (unpaired) electrons. The Morgan fingerprint density at radius 3 is 1.39 bits per heavy atom. The van der Waals surface area contributed by atoms with E-state index in [1.165, 1.54) is 37.8 Å². The second-order valence-corrected chi connectivity index (χ2v) is 19.2. The van der Waals surface area contributed by atoms with Crippen LogP contribution < -0.4 is 15.6 Å². The monoisotopic (exact) mass is 733 g/mol. The minimum absolute atomic E-state index is 0.0253. The van der Waals surface area contributed by atoms with Crippen LogP contribution in [0.2, 0.25) is 0 Å². The molecule has 230 valence electrons. The SMILES string of the molecule is CC(CC[CH-]O[Si](c1ccccc1)(c1ccccc1)c1ccccc1)(C1C=Cc2ccccc21)C1C=Cc2ccccc21.[Cl][Zr][Cl]. The summed E-state index contributed by atoms with van der Waals surface area (Å²) in [5.74, 6) is 0.662. The quantitative estimate of drug-likeness (QED) is 0.0601. The van der Waals surface area contributed by atoms with Crippen molar-refractivity contribution in [3.63, 3.8) is 0 Å². The number of benzene rings is 5. The first-order valence-electron chi connectivity index (χ1n) is 15.8. The van der Waals surface area contributed by atoms with Crippen molar-refractivity contribution in [2.24, 2.45) is 5.41 Å². The summed E-state index contributed by atoms with van der Waals surface area (Å²) in [6.45, 7) is 4.64. The molecule has 0 saturated heterocycles. The summed E-state index contributed by atoms with van der Waals surface area (Å²) in [5.41, 5.74) is 5.54. The van der Waals surface area contributed by atoms with Crippen LogP contribution in [0.25, 0.3) is 12.2 Å². The summed E-state index contributed by atoms with van der Waals surface area (Å²) >= 11 is -0.826. The zero-order chi connectivity index (χ0) is 31.8. The summed E-state index contributed by atoms with van der Waals surface area (Å²) in [4.78, 5) is 0. The Morgan fingerprint density at radius 1 is 0.609 bits per heavy atom. The third-order valence-electron chi connectivity index (χ3n) is 9.62. The number of hydrogen-bond acceptors (Lipinski definition) is 1. The number of allylic oxidation sites excluding steroid dienone is 2. The molecule has 0 heterocycles. The van der Waals surface area contributed by atoms with Crippen molar-refractivity contribution in [1.29, 1.82) is 0 Å². The van der Waals surface area contributed by atoms with Crippen molar-refractivity contribution >= 4 is 53.1 Å². The minimum atomic E-state index is -2.78. The molecular weight excluding hydrogens is 699 g/mol. The molecule has 0 aliphatic heterocycles. The van der Waals surface area contributed by atoms with Gasteiger partial charge in [-0.3, -0.25) is 0 Å². The molecule has 46 heavy (non-hydrogen) atoms. The van der Waals surface area contributed by atoms with E-state index < -0.39 is 29.2 Å². The second kappa shape index (κ2) is 15.4. The van der Waals surface area contributed by atoms with Crippen LogP contribution in [-0.4, -0.2) is 8.32 Å². The summed E-state index contributed by atoms with van der Waals surface area (Å²) < 4.78 is 7.23. The molecule has 0 bridgehead atoms. The van der Waals surface area contributed by atoms with Gasteiger partial charge in [-0.25, -0.2) is 6.61 Å². The predicted molar refractivity (Wildman–Crippen MR) is 195 cm³/mol. The van der Waals surface area contributed by atoms with Crippen LogP contribution in [0.5, 0.6) is 0 Å². The van der Waals surface area contributed by atoms with Crippen LogP contribution >= 0.6 is 17.0 Å². The van der Waals surface area contributed by atoms with E-state index >= 15 is 0 Å². The van der Waals surface area contributed by atoms with E-state index in [2.05, 4.69) is 177 Å². The van der Waals surface area contributed by atoms with Gasteiger partial charge in [0.05, 0.1) is 0 Å². The standard InChI is InChI=1S/C41H37OSi.2ClH.Zr/c1-41(39-28-26-32-16-11-13-24-37(32)39,40-29-27-33-17-12-14-25-38(33)40)30-15-31-42-43(34-18-5-2-6-19-34,35-20-7-3-8-21-35)36-22-9-4-10-23-36;;;/h2-14,16-29,31,39-40H,15,30H2,1H3;2*1H;/q-1;;;+2/p-2. The second-order valence-electron chi connectivity index (χ2n) is 12.1. The number of fused-ring (bicyclic) bond motifs is 2. The van der Waals surface area contributed by atoms with E-state index in [1.54, 1.807) is 0 Å². The summed E-state index contributed by atoms with van der Waals surface area (Å²) in [5, 5.41) is 3.77. The van der Waals surface area contributed by atoms with Crippen molar-refractivity contribution in [2.75, 3.05) is 0 Å². The molecule has 0 saturated carbocycles. The van der Waals surface area contributed by atoms with Crippen molar-refractivity contribution < 1.29 is 25.3 Å². The Balaban J connectivity index is 0.00000119. The molecule has 0 amide bonds. The molecule has 1 nitrogen and oxygen atoms in total. The Kier molecular flexibility index (Phi) is 11.1. The Labute approximate surface area is 293 Å². The first kappa shape index (κ1) is 33.1. The average molecular weight is 736 g/mol. The van der Waals surface area contributed by atoms with E-state index in [-0.39, 0.29) is 5.41 Å². The van der Waals surface area contributed by atoms with Crippen LogP contribution in [0.1, 0.15) is 53.9 Å². The number of rotatable bonds is 10. The Hall–Kier alpha value is -2.78. The molecule has 2 unspecified atom stereocenters.